The number of nitrogens with one attached hydrogen (secondary N) is 2. The highest BCUT2D eigenvalue weighted by Gasteiger charge is 2.38. The summed E-state index contributed by atoms with van der Waals surface area (Å²) in [6.45, 7) is 10.9. The highest BCUT2D eigenvalue weighted by Crippen LogP contribution is 2.34. The zero-order valence-electron chi connectivity index (χ0n) is 13.7. The first-order chi connectivity index (χ1) is 9.39. The molecule has 2 N–H and O–H groups in total. The van der Waals surface area contributed by atoms with Crippen LogP contribution >= 0.6 is 0 Å². The SMILES string of the molecule is CC1CC(C)CC(NC(=O)C(C)(C)C2CCCNC2)C1. The fourth-order valence-electron chi connectivity index (χ4n) is 4.09. The van der Waals surface area contributed by atoms with Crippen molar-refractivity contribution in [1.82, 2.24) is 10.6 Å². The second kappa shape index (κ2) is 6.46. The van der Waals surface area contributed by atoms with Gasteiger partial charge < -0.3 is 10.6 Å². The van der Waals surface area contributed by atoms with Crippen LogP contribution in [0.2, 0.25) is 0 Å². The highest BCUT2D eigenvalue weighted by atomic mass is 16.2. The Hall–Kier alpha value is -0.570. The molecule has 116 valence electrons. The van der Waals surface area contributed by atoms with Crippen molar-refractivity contribution in [3.05, 3.63) is 0 Å². The molecule has 1 amide bonds. The molecule has 1 saturated heterocycles. The second-order valence-electron chi connectivity index (χ2n) is 7.85. The van der Waals surface area contributed by atoms with Crippen LogP contribution in [0.3, 0.4) is 0 Å². The molecule has 0 bridgehead atoms. The van der Waals surface area contributed by atoms with E-state index >= 15 is 0 Å². The van der Waals surface area contributed by atoms with E-state index in [4.69, 9.17) is 0 Å². The van der Waals surface area contributed by atoms with E-state index in [-0.39, 0.29) is 11.3 Å². The molecule has 0 radical (unpaired) electrons. The Morgan fingerprint density at radius 3 is 2.35 bits per heavy atom. The predicted octanol–water partition coefficient (Wildman–Crippen LogP) is 2.95. The van der Waals surface area contributed by atoms with E-state index in [1.165, 1.54) is 19.3 Å². The van der Waals surface area contributed by atoms with Gasteiger partial charge in [-0.15, -0.1) is 0 Å². The molecule has 0 aromatic carbocycles. The van der Waals surface area contributed by atoms with Crippen molar-refractivity contribution in [3.8, 4) is 0 Å². The molecule has 0 spiro atoms. The number of amides is 1. The molecule has 2 fully saturated rings. The largest absolute Gasteiger partial charge is 0.353 e. The topological polar surface area (TPSA) is 41.1 Å². The van der Waals surface area contributed by atoms with Gasteiger partial charge in [-0.3, -0.25) is 4.79 Å². The molecule has 3 unspecified atom stereocenters. The lowest BCUT2D eigenvalue weighted by atomic mass is 9.73. The van der Waals surface area contributed by atoms with E-state index < -0.39 is 0 Å². The monoisotopic (exact) mass is 280 g/mol. The Morgan fingerprint density at radius 2 is 1.80 bits per heavy atom. The minimum atomic E-state index is -0.253. The van der Waals surface area contributed by atoms with Gasteiger partial charge in [0.05, 0.1) is 0 Å². The van der Waals surface area contributed by atoms with E-state index in [2.05, 4.69) is 38.3 Å². The summed E-state index contributed by atoms with van der Waals surface area (Å²) >= 11 is 0. The Labute approximate surface area is 124 Å². The number of carbonyl (C=O) groups is 1. The molecule has 2 rings (SSSR count). The summed E-state index contributed by atoms with van der Waals surface area (Å²) in [5, 5.41) is 6.78. The zero-order chi connectivity index (χ0) is 14.8. The number of rotatable bonds is 3. The van der Waals surface area contributed by atoms with E-state index in [0.717, 1.165) is 37.8 Å². The summed E-state index contributed by atoms with van der Waals surface area (Å²) in [6, 6.07) is 0.386. The lowest BCUT2D eigenvalue weighted by Gasteiger charge is -2.39. The van der Waals surface area contributed by atoms with Gasteiger partial charge in [0.2, 0.25) is 5.91 Å². The highest BCUT2D eigenvalue weighted by molar-refractivity contribution is 5.82. The van der Waals surface area contributed by atoms with Crippen molar-refractivity contribution < 1.29 is 4.79 Å². The molecule has 1 aliphatic heterocycles. The maximum absolute atomic E-state index is 12.7. The first kappa shape index (κ1) is 15.8. The van der Waals surface area contributed by atoms with Crippen LogP contribution in [0.4, 0.5) is 0 Å². The zero-order valence-corrected chi connectivity index (χ0v) is 13.7. The van der Waals surface area contributed by atoms with Gasteiger partial charge in [0.25, 0.3) is 0 Å². The standard InChI is InChI=1S/C17H32N2O/c1-12-8-13(2)10-15(9-12)19-16(20)17(3,4)14-6-5-7-18-11-14/h12-15,18H,5-11H2,1-4H3,(H,19,20). The Morgan fingerprint density at radius 1 is 1.15 bits per heavy atom. The van der Waals surface area contributed by atoms with Gasteiger partial charge in [0, 0.05) is 11.5 Å². The van der Waals surface area contributed by atoms with Gasteiger partial charge >= 0.3 is 0 Å². The third-order valence-electron chi connectivity index (χ3n) is 5.42. The van der Waals surface area contributed by atoms with E-state index in [9.17, 15) is 4.79 Å². The van der Waals surface area contributed by atoms with Crippen LogP contribution < -0.4 is 10.6 Å². The lowest BCUT2D eigenvalue weighted by Crippen LogP contribution is -2.51. The Bertz CT molecular complexity index is 324. The van der Waals surface area contributed by atoms with Crippen molar-refractivity contribution in [1.29, 1.82) is 0 Å². The van der Waals surface area contributed by atoms with Crippen LogP contribution in [0, 0.1) is 23.2 Å². The fourth-order valence-corrected chi connectivity index (χ4v) is 4.09. The maximum Gasteiger partial charge on any atom is 0.226 e. The van der Waals surface area contributed by atoms with Crippen molar-refractivity contribution in [3.63, 3.8) is 0 Å². The molecule has 20 heavy (non-hydrogen) atoms. The van der Waals surface area contributed by atoms with Crippen LogP contribution in [0.5, 0.6) is 0 Å². The van der Waals surface area contributed by atoms with Crippen LogP contribution in [0.15, 0.2) is 0 Å². The molecule has 3 nitrogen and oxygen atoms in total. The van der Waals surface area contributed by atoms with Gasteiger partial charge in [0.15, 0.2) is 0 Å². The molecule has 0 aromatic heterocycles. The number of hydrogen-bond acceptors (Lipinski definition) is 2. The molecule has 1 saturated carbocycles. The minimum absolute atomic E-state index is 0.253. The van der Waals surface area contributed by atoms with Gasteiger partial charge in [-0.25, -0.2) is 0 Å². The molecular formula is C17H32N2O. The molecule has 0 aromatic rings. The van der Waals surface area contributed by atoms with Gasteiger partial charge in [-0.1, -0.05) is 27.7 Å². The smallest absolute Gasteiger partial charge is 0.226 e. The summed E-state index contributed by atoms with van der Waals surface area (Å²) in [6.07, 6.45) is 5.97. The van der Waals surface area contributed by atoms with Crippen molar-refractivity contribution in [2.45, 2.75) is 65.8 Å². The second-order valence-corrected chi connectivity index (χ2v) is 7.85. The van der Waals surface area contributed by atoms with E-state index in [0.29, 0.717) is 12.0 Å². The van der Waals surface area contributed by atoms with Crippen LogP contribution in [0.1, 0.15) is 59.8 Å². The lowest BCUT2D eigenvalue weighted by molar-refractivity contribution is -0.133. The minimum Gasteiger partial charge on any atom is -0.353 e. The van der Waals surface area contributed by atoms with Crippen LogP contribution in [0.25, 0.3) is 0 Å². The van der Waals surface area contributed by atoms with Gasteiger partial charge in [0.1, 0.15) is 0 Å². The number of hydrogen-bond donors (Lipinski definition) is 2. The van der Waals surface area contributed by atoms with Gasteiger partial charge in [-0.05, 0) is 62.9 Å². The summed E-state index contributed by atoms with van der Waals surface area (Å²) in [5.74, 6) is 2.21. The summed E-state index contributed by atoms with van der Waals surface area (Å²) in [7, 11) is 0. The average molecular weight is 280 g/mol. The molecule has 2 aliphatic rings. The Kier molecular flexibility index (Phi) is 5.11. The number of piperidine rings is 1. The predicted molar refractivity (Wildman–Crippen MR) is 83.5 cm³/mol. The molecule has 1 heterocycles. The summed E-state index contributed by atoms with van der Waals surface area (Å²) in [4.78, 5) is 12.7. The van der Waals surface area contributed by atoms with E-state index in [1.807, 2.05) is 0 Å². The van der Waals surface area contributed by atoms with Crippen LogP contribution in [-0.2, 0) is 4.79 Å². The van der Waals surface area contributed by atoms with Crippen molar-refractivity contribution >= 4 is 5.91 Å². The van der Waals surface area contributed by atoms with Crippen LogP contribution in [-0.4, -0.2) is 25.0 Å². The summed E-state index contributed by atoms with van der Waals surface area (Å²) < 4.78 is 0. The molecular weight excluding hydrogens is 248 g/mol. The maximum atomic E-state index is 12.7. The summed E-state index contributed by atoms with van der Waals surface area (Å²) in [5.41, 5.74) is -0.253. The first-order valence-corrected chi connectivity index (χ1v) is 8.41. The van der Waals surface area contributed by atoms with Crippen molar-refractivity contribution in [2.24, 2.45) is 23.2 Å². The van der Waals surface area contributed by atoms with Gasteiger partial charge in [-0.2, -0.15) is 0 Å². The third kappa shape index (κ3) is 3.75. The molecule has 1 aliphatic carbocycles. The Balaban J connectivity index is 1.92. The number of carbonyl (C=O) groups excluding carboxylic acids is 1. The van der Waals surface area contributed by atoms with Crippen molar-refractivity contribution in [2.75, 3.05) is 13.1 Å². The third-order valence-corrected chi connectivity index (χ3v) is 5.42. The molecule has 3 heteroatoms. The first-order valence-electron chi connectivity index (χ1n) is 8.41. The average Bonchev–Trinajstić information content (AvgIpc) is 2.38. The fraction of sp³-hybridized carbons (Fsp3) is 0.941. The normalized spacial score (nSPS) is 35.6. The quantitative estimate of drug-likeness (QED) is 0.834. The van der Waals surface area contributed by atoms with E-state index in [1.54, 1.807) is 0 Å². The molecule has 3 atom stereocenters.